The molecule has 2 aliphatic rings. The van der Waals surface area contributed by atoms with E-state index in [1.54, 1.807) is 14.2 Å². The maximum absolute atomic E-state index is 5.53. The number of ether oxygens (including phenoxy) is 2. The fourth-order valence-corrected chi connectivity index (χ4v) is 3.13. The van der Waals surface area contributed by atoms with Gasteiger partial charge < -0.3 is 19.7 Å². The summed E-state index contributed by atoms with van der Waals surface area (Å²) in [6.07, 6.45) is 2.99. The van der Waals surface area contributed by atoms with Crippen LogP contribution in [-0.4, -0.2) is 45.6 Å². The van der Waals surface area contributed by atoms with Crippen LogP contribution in [0.15, 0.2) is 18.2 Å². The third kappa shape index (κ3) is 3.39. The minimum absolute atomic E-state index is 0.158. The van der Waals surface area contributed by atoms with Crippen LogP contribution in [0, 0.1) is 6.92 Å². The van der Waals surface area contributed by atoms with E-state index >= 15 is 0 Å². The monoisotopic (exact) mass is 290 g/mol. The van der Waals surface area contributed by atoms with Gasteiger partial charge in [0.25, 0.3) is 0 Å². The van der Waals surface area contributed by atoms with Gasteiger partial charge in [-0.1, -0.05) is 12.1 Å². The van der Waals surface area contributed by atoms with Crippen LogP contribution in [0.2, 0.25) is 0 Å². The molecular weight excluding hydrogens is 264 g/mol. The predicted molar refractivity (Wildman–Crippen MR) is 84.8 cm³/mol. The third-order valence-electron chi connectivity index (χ3n) is 4.59. The summed E-state index contributed by atoms with van der Waals surface area (Å²) >= 11 is 0. The van der Waals surface area contributed by atoms with Gasteiger partial charge in [-0.2, -0.15) is 0 Å². The molecule has 2 atom stereocenters. The maximum atomic E-state index is 5.53. The number of anilines is 1. The molecule has 116 valence electrons. The molecule has 3 rings (SSSR count). The summed E-state index contributed by atoms with van der Waals surface area (Å²) in [6, 6.07) is 7.53. The summed E-state index contributed by atoms with van der Waals surface area (Å²) < 4.78 is 11.1. The summed E-state index contributed by atoms with van der Waals surface area (Å²) in [5, 5.41) is 3.57. The maximum Gasteiger partial charge on any atom is 0.102 e. The van der Waals surface area contributed by atoms with Gasteiger partial charge in [0, 0.05) is 45.6 Å². The first-order valence-corrected chi connectivity index (χ1v) is 7.84. The molecule has 4 heteroatoms. The average Bonchev–Trinajstić information content (AvgIpc) is 3.23. The lowest BCUT2D eigenvalue weighted by atomic mass is 10.1. The topological polar surface area (TPSA) is 33.7 Å². The van der Waals surface area contributed by atoms with E-state index in [2.05, 4.69) is 35.3 Å². The van der Waals surface area contributed by atoms with Crippen LogP contribution in [0.1, 0.15) is 24.0 Å². The highest BCUT2D eigenvalue weighted by Gasteiger charge is 2.33. The van der Waals surface area contributed by atoms with Gasteiger partial charge in [0.15, 0.2) is 0 Å². The molecular formula is C17H26N2O2. The van der Waals surface area contributed by atoms with Gasteiger partial charge in [0.1, 0.15) is 12.2 Å². The number of aryl methyl sites for hydroxylation is 1. The molecule has 1 aliphatic carbocycles. The average molecular weight is 290 g/mol. The number of hydrogen-bond acceptors (Lipinski definition) is 4. The van der Waals surface area contributed by atoms with Crippen molar-refractivity contribution in [2.24, 2.45) is 0 Å². The van der Waals surface area contributed by atoms with Gasteiger partial charge in [-0.3, -0.25) is 0 Å². The molecule has 1 aromatic carbocycles. The van der Waals surface area contributed by atoms with Crippen LogP contribution in [0.4, 0.5) is 5.69 Å². The highest BCUT2D eigenvalue weighted by Crippen LogP contribution is 2.27. The quantitative estimate of drug-likeness (QED) is 0.870. The van der Waals surface area contributed by atoms with Crippen molar-refractivity contribution in [1.29, 1.82) is 0 Å². The second kappa shape index (κ2) is 6.34. The highest BCUT2D eigenvalue weighted by atomic mass is 16.5. The van der Waals surface area contributed by atoms with Crippen LogP contribution >= 0.6 is 0 Å². The Labute approximate surface area is 127 Å². The predicted octanol–water partition coefficient (Wildman–Crippen LogP) is 2.10. The van der Waals surface area contributed by atoms with Gasteiger partial charge in [-0.25, -0.2) is 0 Å². The second-order valence-corrected chi connectivity index (χ2v) is 6.23. The van der Waals surface area contributed by atoms with Gasteiger partial charge in [-0.05, 0) is 37.0 Å². The lowest BCUT2D eigenvalue weighted by Crippen LogP contribution is -2.27. The fourth-order valence-electron chi connectivity index (χ4n) is 3.13. The molecule has 2 fully saturated rings. The first-order valence-electron chi connectivity index (χ1n) is 7.84. The third-order valence-corrected chi connectivity index (χ3v) is 4.59. The summed E-state index contributed by atoms with van der Waals surface area (Å²) in [4.78, 5) is 2.37. The number of rotatable bonds is 6. The minimum Gasteiger partial charge on any atom is -0.377 e. The van der Waals surface area contributed by atoms with E-state index in [-0.39, 0.29) is 12.2 Å². The van der Waals surface area contributed by atoms with Crippen molar-refractivity contribution >= 4 is 5.69 Å². The molecule has 1 N–H and O–H groups in total. The lowest BCUT2D eigenvalue weighted by Gasteiger charge is -2.21. The molecule has 0 spiro atoms. The van der Waals surface area contributed by atoms with Crippen LogP contribution in [0.3, 0.4) is 0 Å². The summed E-state index contributed by atoms with van der Waals surface area (Å²) in [5.74, 6) is 0. The SMILES string of the molecule is COC1CN(c2ccc(CNC3CC3)cc2C)CC1OC. The first kappa shape index (κ1) is 14.8. The molecule has 1 heterocycles. The Balaban J connectivity index is 1.67. The van der Waals surface area contributed by atoms with Crippen LogP contribution in [0.25, 0.3) is 0 Å². The van der Waals surface area contributed by atoms with Crippen molar-refractivity contribution in [1.82, 2.24) is 5.32 Å². The molecule has 2 unspecified atom stereocenters. The molecule has 0 aromatic heterocycles. The molecule has 0 amide bonds. The van der Waals surface area contributed by atoms with Gasteiger partial charge >= 0.3 is 0 Å². The molecule has 1 saturated carbocycles. The van der Waals surface area contributed by atoms with Crippen molar-refractivity contribution in [3.8, 4) is 0 Å². The zero-order chi connectivity index (χ0) is 14.8. The Morgan fingerprint density at radius 3 is 2.33 bits per heavy atom. The van der Waals surface area contributed by atoms with E-state index < -0.39 is 0 Å². The van der Waals surface area contributed by atoms with E-state index in [0.717, 1.165) is 25.7 Å². The molecule has 1 saturated heterocycles. The van der Waals surface area contributed by atoms with Crippen molar-refractivity contribution in [2.75, 3.05) is 32.2 Å². The number of nitrogens with one attached hydrogen (secondary N) is 1. The summed E-state index contributed by atoms with van der Waals surface area (Å²) in [5.41, 5.74) is 4.00. The Bertz CT molecular complexity index is 476. The summed E-state index contributed by atoms with van der Waals surface area (Å²) in [6.45, 7) is 4.97. The van der Waals surface area contributed by atoms with E-state index in [1.165, 1.54) is 29.7 Å². The van der Waals surface area contributed by atoms with Crippen molar-refractivity contribution in [3.63, 3.8) is 0 Å². The van der Waals surface area contributed by atoms with Crippen LogP contribution < -0.4 is 10.2 Å². The van der Waals surface area contributed by atoms with Gasteiger partial charge in [0.2, 0.25) is 0 Å². The number of methoxy groups -OCH3 is 2. The fraction of sp³-hybridized carbons (Fsp3) is 0.647. The van der Waals surface area contributed by atoms with Gasteiger partial charge in [-0.15, -0.1) is 0 Å². The Kier molecular flexibility index (Phi) is 4.48. The number of hydrogen-bond donors (Lipinski definition) is 1. The normalized spacial score (nSPS) is 25.6. The number of nitrogens with zero attached hydrogens (tertiary/aromatic N) is 1. The van der Waals surface area contributed by atoms with Crippen LogP contribution in [0.5, 0.6) is 0 Å². The zero-order valence-electron chi connectivity index (χ0n) is 13.3. The number of benzene rings is 1. The van der Waals surface area contributed by atoms with Crippen molar-refractivity contribution < 1.29 is 9.47 Å². The lowest BCUT2D eigenvalue weighted by molar-refractivity contribution is -0.00461. The molecule has 0 radical (unpaired) electrons. The molecule has 0 bridgehead atoms. The smallest absolute Gasteiger partial charge is 0.102 e. The Morgan fingerprint density at radius 1 is 1.14 bits per heavy atom. The first-order chi connectivity index (χ1) is 10.2. The largest absolute Gasteiger partial charge is 0.377 e. The molecule has 4 nitrogen and oxygen atoms in total. The van der Waals surface area contributed by atoms with Gasteiger partial charge in [0.05, 0.1) is 0 Å². The molecule has 1 aromatic rings. The Morgan fingerprint density at radius 2 is 1.81 bits per heavy atom. The minimum atomic E-state index is 0.158. The summed E-state index contributed by atoms with van der Waals surface area (Å²) in [7, 11) is 3.53. The molecule has 1 aliphatic heterocycles. The second-order valence-electron chi connectivity index (χ2n) is 6.23. The van der Waals surface area contributed by atoms with Crippen molar-refractivity contribution in [3.05, 3.63) is 29.3 Å². The standard InChI is InChI=1S/C17H26N2O2/c1-12-8-13(9-18-14-5-6-14)4-7-15(12)19-10-16(20-2)17(11-19)21-3/h4,7-8,14,16-18H,5-6,9-11H2,1-3H3. The molecule has 21 heavy (non-hydrogen) atoms. The highest BCUT2D eigenvalue weighted by molar-refractivity contribution is 5.55. The van der Waals surface area contributed by atoms with E-state index in [4.69, 9.17) is 9.47 Å². The van der Waals surface area contributed by atoms with E-state index in [0.29, 0.717) is 0 Å². The zero-order valence-corrected chi connectivity index (χ0v) is 13.3. The van der Waals surface area contributed by atoms with Crippen LogP contribution in [-0.2, 0) is 16.0 Å². The van der Waals surface area contributed by atoms with Crippen molar-refractivity contribution in [2.45, 2.75) is 44.6 Å². The van der Waals surface area contributed by atoms with E-state index in [1.807, 2.05) is 0 Å². The Hall–Kier alpha value is -1.10. The van der Waals surface area contributed by atoms with E-state index in [9.17, 15) is 0 Å².